The monoisotopic (exact) mass is 469 g/mol. The van der Waals surface area contributed by atoms with Gasteiger partial charge in [0.15, 0.2) is 0 Å². The van der Waals surface area contributed by atoms with Gasteiger partial charge in [-0.1, -0.05) is 32.0 Å². The number of piperazine rings is 1. The van der Waals surface area contributed by atoms with E-state index >= 15 is 0 Å². The molecule has 1 saturated heterocycles. The molecule has 0 bridgehead atoms. The quantitative estimate of drug-likeness (QED) is 0.622. The van der Waals surface area contributed by atoms with Crippen molar-refractivity contribution >= 4 is 15.9 Å². The molecule has 0 spiro atoms. The number of amides is 1. The molecule has 2 aromatic rings. The van der Waals surface area contributed by atoms with E-state index in [9.17, 15) is 13.2 Å². The van der Waals surface area contributed by atoms with Crippen LogP contribution in [0.1, 0.15) is 53.7 Å². The first-order chi connectivity index (χ1) is 15.9. The number of fused-ring (bicyclic) bond motifs is 1. The number of hydrogen-bond acceptors (Lipinski definition) is 4. The Morgan fingerprint density at radius 3 is 2.15 bits per heavy atom. The molecule has 1 aliphatic heterocycles. The minimum absolute atomic E-state index is 0.0322. The van der Waals surface area contributed by atoms with Gasteiger partial charge in [0.1, 0.15) is 0 Å². The van der Waals surface area contributed by atoms with Gasteiger partial charge < -0.3 is 4.90 Å². The lowest BCUT2D eigenvalue weighted by molar-refractivity contribution is 0.0698. The van der Waals surface area contributed by atoms with Gasteiger partial charge in [0.25, 0.3) is 5.91 Å². The number of rotatable bonds is 7. The third-order valence-corrected chi connectivity index (χ3v) is 8.88. The van der Waals surface area contributed by atoms with Crippen LogP contribution in [0.25, 0.3) is 0 Å². The van der Waals surface area contributed by atoms with Gasteiger partial charge in [-0.05, 0) is 79.7 Å². The highest BCUT2D eigenvalue weighted by Gasteiger charge is 2.31. The average Bonchev–Trinajstić information content (AvgIpc) is 2.87. The van der Waals surface area contributed by atoms with Crippen molar-refractivity contribution in [2.75, 3.05) is 39.3 Å². The van der Waals surface area contributed by atoms with Crippen molar-refractivity contribution in [3.05, 3.63) is 64.7 Å². The summed E-state index contributed by atoms with van der Waals surface area (Å²) in [5, 5.41) is 0. The van der Waals surface area contributed by atoms with Crippen LogP contribution >= 0.6 is 0 Å². The number of benzene rings is 2. The van der Waals surface area contributed by atoms with E-state index in [1.807, 2.05) is 36.4 Å². The van der Waals surface area contributed by atoms with Crippen LogP contribution in [0.2, 0.25) is 0 Å². The second-order valence-corrected chi connectivity index (χ2v) is 10.9. The van der Waals surface area contributed by atoms with Gasteiger partial charge in [0.2, 0.25) is 10.0 Å². The molecule has 1 aliphatic carbocycles. The summed E-state index contributed by atoms with van der Waals surface area (Å²) in [6.45, 7) is 8.62. The normalized spacial score (nSPS) is 17.2. The van der Waals surface area contributed by atoms with Crippen LogP contribution < -0.4 is 0 Å². The molecule has 2 aliphatic rings. The molecule has 7 heteroatoms. The number of carbonyl (C=O) groups excluding carboxylic acids is 1. The maximum Gasteiger partial charge on any atom is 0.253 e. The molecule has 0 atom stereocenters. The van der Waals surface area contributed by atoms with Crippen LogP contribution in [0, 0.1) is 0 Å². The summed E-state index contributed by atoms with van der Waals surface area (Å²) in [7, 11) is -3.54. The van der Waals surface area contributed by atoms with Crippen LogP contribution in [0.15, 0.2) is 47.4 Å². The van der Waals surface area contributed by atoms with E-state index in [0.717, 1.165) is 38.9 Å². The zero-order chi connectivity index (χ0) is 23.4. The molecule has 6 nitrogen and oxygen atoms in total. The third-order valence-electron chi connectivity index (χ3n) is 6.99. The Balaban J connectivity index is 1.37. The average molecular weight is 470 g/mol. The van der Waals surface area contributed by atoms with Gasteiger partial charge in [-0.25, -0.2) is 8.42 Å². The first-order valence-electron chi connectivity index (χ1n) is 12.1. The Labute approximate surface area is 198 Å². The van der Waals surface area contributed by atoms with E-state index < -0.39 is 10.0 Å². The highest BCUT2D eigenvalue weighted by atomic mass is 32.2. The van der Waals surface area contributed by atoms with E-state index in [-0.39, 0.29) is 5.91 Å². The summed E-state index contributed by atoms with van der Waals surface area (Å²) < 4.78 is 27.9. The van der Waals surface area contributed by atoms with Crippen molar-refractivity contribution in [3.8, 4) is 0 Å². The molecule has 1 amide bonds. The van der Waals surface area contributed by atoms with Crippen molar-refractivity contribution in [1.29, 1.82) is 0 Å². The van der Waals surface area contributed by atoms with Crippen molar-refractivity contribution in [1.82, 2.24) is 14.1 Å². The molecule has 0 unspecified atom stereocenters. The van der Waals surface area contributed by atoms with Gasteiger partial charge in [0, 0.05) is 38.3 Å². The summed E-state index contributed by atoms with van der Waals surface area (Å²) >= 11 is 0. The molecule has 0 N–H and O–H groups in total. The van der Waals surface area contributed by atoms with Crippen LogP contribution in [0.5, 0.6) is 0 Å². The SMILES string of the molecule is CCN(CC)Cc1ccc(C(=O)N2CCN(S(=O)(=O)c3ccc4c(c3)CCCC4)CC2)cc1. The summed E-state index contributed by atoms with van der Waals surface area (Å²) in [6, 6.07) is 13.4. The number of sulfonamides is 1. The fourth-order valence-electron chi connectivity index (χ4n) is 4.79. The Hall–Kier alpha value is -2.22. The van der Waals surface area contributed by atoms with Crippen LogP contribution in [-0.2, 0) is 29.4 Å². The van der Waals surface area contributed by atoms with Crippen LogP contribution in [0.3, 0.4) is 0 Å². The molecule has 33 heavy (non-hydrogen) atoms. The second-order valence-electron chi connectivity index (χ2n) is 8.99. The topological polar surface area (TPSA) is 60.9 Å². The predicted molar refractivity (Wildman–Crippen MR) is 131 cm³/mol. The number of carbonyl (C=O) groups is 1. The number of aryl methyl sites for hydroxylation is 2. The van der Waals surface area contributed by atoms with Crippen molar-refractivity contribution in [3.63, 3.8) is 0 Å². The zero-order valence-electron chi connectivity index (χ0n) is 19.8. The highest BCUT2D eigenvalue weighted by Crippen LogP contribution is 2.26. The van der Waals surface area contributed by atoms with Crippen LogP contribution in [-0.4, -0.2) is 67.7 Å². The highest BCUT2D eigenvalue weighted by molar-refractivity contribution is 7.89. The first kappa shape index (κ1) is 23.9. The molecular formula is C26H35N3O3S. The standard InChI is InChI=1S/C26H35N3O3S/c1-3-27(4-2)20-21-9-11-23(12-10-21)26(30)28-15-17-29(18-16-28)33(31,32)25-14-13-22-7-5-6-8-24(22)19-25/h9-14,19H,3-8,15-18,20H2,1-2H3. The Morgan fingerprint density at radius 1 is 0.879 bits per heavy atom. The first-order valence-corrected chi connectivity index (χ1v) is 13.6. The fourth-order valence-corrected chi connectivity index (χ4v) is 6.26. The number of hydrogen-bond donors (Lipinski definition) is 0. The largest absolute Gasteiger partial charge is 0.336 e. The summed E-state index contributed by atoms with van der Waals surface area (Å²) in [5.41, 5.74) is 4.29. The molecule has 0 saturated carbocycles. The molecule has 1 heterocycles. The van der Waals surface area contributed by atoms with Crippen LogP contribution in [0.4, 0.5) is 0 Å². The van der Waals surface area contributed by atoms with E-state index in [1.165, 1.54) is 27.4 Å². The third kappa shape index (κ3) is 5.31. The van der Waals surface area contributed by atoms with Gasteiger partial charge in [-0.3, -0.25) is 9.69 Å². The van der Waals surface area contributed by atoms with E-state index in [2.05, 4.69) is 18.7 Å². The Kier molecular flexibility index (Phi) is 7.51. The minimum Gasteiger partial charge on any atom is -0.336 e. The minimum atomic E-state index is -3.54. The summed E-state index contributed by atoms with van der Waals surface area (Å²) in [6.07, 6.45) is 4.28. The molecule has 0 radical (unpaired) electrons. The number of nitrogens with zero attached hydrogens (tertiary/aromatic N) is 3. The zero-order valence-corrected chi connectivity index (χ0v) is 20.6. The van der Waals surface area contributed by atoms with Crippen molar-refractivity contribution < 1.29 is 13.2 Å². The Bertz CT molecular complexity index is 1070. The maximum atomic E-state index is 13.2. The van der Waals surface area contributed by atoms with Gasteiger partial charge in [0.05, 0.1) is 4.90 Å². The summed E-state index contributed by atoms with van der Waals surface area (Å²) in [4.78, 5) is 17.5. The van der Waals surface area contributed by atoms with E-state index in [1.54, 1.807) is 11.0 Å². The lowest BCUT2D eigenvalue weighted by Gasteiger charge is -2.34. The molecular weight excluding hydrogens is 434 g/mol. The van der Waals surface area contributed by atoms with Gasteiger partial charge in [-0.2, -0.15) is 4.31 Å². The molecule has 4 rings (SSSR count). The smallest absolute Gasteiger partial charge is 0.253 e. The van der Waals surface area contributed by atoms with Gasteiger partial charge >= 0.3 is 0 Å². The maximum absolute atomic E-state index is 13.2. The molecule has 0 aromatic heterocycles. The summed E-state index contributed by atoms with van der Waals surface area (Å²) in [5.74, 6) is -0.0322. The second kappa shape index (κ2) is 10.4. The molecule has 1 fully saturated rings. The Morgan fingerprint density at radius 2 is 1.52 bits per heavy atom. The lowest BCUT2D eigenvalue weighted by Crippen LogP contribution is -2.50. The molecule has 178 valence electrons. The van der Waals surface area contributed by atoms with E-state index in [0.29, 0.717) is 36.6 Å². The van der Waals surface area contributed by atoms with Crippen molar-refractivity contribution in [2.45, 2.75) is 51.0 Å². The fraction of sp³-hybridized carbons (Fsp3) is 0.500. The van der Waals surface area contributed by atoms with Crippen molar-refractivity contribution in [2.24, 2.45) is 0 Å². The van der Waals surface area contributed by atoms with Gasteiger partial charge in [-0.15, -0.1) is 0 Å². The predicted octanol–water partition coefficient (Wildman–Crippen LogP) is 3.55. The van der Waals surface area contributed by atoms with E-state index in [4.69, 9.17) is 0 Å². The molecule has 2 aromatic carbocycles. The lowest BCUT2D eigenvalue weighted by atomic mass is 9.92.